The molecule has 0 aliphatic heterocycles. The van der Waals surface area contributed by atoms with E-state index < -0.39 is 5.41 Å². The molecule has 0 spiro atoms. The molecular weight excluding hydrogens is 236 g/mol. The van der Waals surface area contributed by atoms with Crippen molar-refractivity contribution in [2.24, 2.45) is 0 Å². The van der Waals surface area contributed by atoms with Gasteiger partial charge in [0, 0.05) is 12.8 Å². The first-order chi connectivity index (χ1) is 9.08. The summed E-state index contributed by atoms with van der Waals surface area (Å²) in [4.78, 5) is 23.6. The number of aryl methyl sites for hydroxylation is 1. The first kappa shape index (κ1) is 14.0. The van der Waals surface area contributed by atoms with E-state index in [0.29, 0.717) is 31.5 Å². The highest BCUT2D eigenvalue weighted by Crippen LogP contribution is 2.39. The molecule has 0 amide bonds. The van der Waals surface area contributed by atoms with Gasteiger partial charge in [0.15, 0.2) is 0 Å². The molecule has 0 saturated heterocycles. The Labute approximate surface area is 115 Å². The number of hydrogen-bond acceptors (Lipinski definition) is 2. The van der Waals surface area contributed by atoms with Crippen LogP contribution in [-0.4, -0.2) is 11.6 Å². The number of rotatable bonds is 4. The van der Waals surface area contributed by atoms with E-state index in [-0.39, 0.29) is 5.78 Å². The van der Waals surface area contributed by atoms with Crippen LogP contribution in [0.15, 0.2) is 24.3 Å². The van der Waals surface area contributed by atoms with Gasteiger partial charge in [0.2, 0.25) is 0 Å². The first-order valence-corrected chi connectivity index (χ1v) is 7.20. The lowest BCUT2D eigenvalue weighted by molar-refractivity contribution is -0.127. The van der Waals surface area contributed by atoms with Gasteiger partial charge in [-0.15, -0.1) is 0 Å². The number of Topliss-reactive ketones (excluding diaryl/α,β-unsaturated/α-hetero) is 2. The van der Waals surface area contributed by atoms with E-state index >= 15 is 0 Å². The van der Waals surface area contributed by atoms with Crippen LogP contribution in [0.5, 0.6) is 0 Å². The molecule has 0 unspecified atom stereocenters. The lowest BCUT2D eigenvalue weighted by Gasteiger charge is -2.35. The quantitative estimate of drug-likeness (QED) is 0.826. The van der Waals surface area contributed by atoms with E-state index in [4.69, 9.17) is 0 Å². The Hall–Kier alpha value is -1.44. The summed E-state index contributed by atoms with van der Waals surface area (Å²) in [5.41, 5.74) is 1.99. The number of carbonyl (C=O) groups is 2. The highest BCUT2D eigenvalue weighted by atomic mass is 16.1. The van der Waals surface area contributed by atoms with E-state index in [0.717, 1.165) is 18.4 Å². The maximum Gasteiger partial charge on any atom is 0.140 e. The largest absolute Gasteiger partial charge is 0.300 e. The summed E-state index contributed by atoms with van der Waals surface area (Å²) in [6.45, 7) is 3.83. The normalized spacial score (nSPS) is 18.3. The predicted octanol–water partition coefficient (Wildman–Crippen LogP) is 3.61. The Morgan fingerprint density at radius 3 is 2.21 bits per heavy atom. The summed E-state index contributed by atoms with van der Waals surface area (Å²) in [6, 6.07) is 8.42. The van der Waals surface area contributed by atoms with Crippen molar-refractivity contribution < 1.29 is 9.59 Å². The number of carbonyl (C=O) groups excluding carboxylic acids is 2. The second kappa shape index (κ2) is 5.68. The monoisotopic (exact) mass is 258 g/mol. The second-order valence-corrected chi connectivity index (χ2v) is 5.62. The Morgan fingerprint density at radius 2 is 1.74 bits per heavy atom. The Balaban J connectivity index is 2.29. The van der Waals surface area contributed by atoms with E-state index in [9.17, 15) is 9.59 Å². The zero-order valence-electron chi connectivity index (χ0n) is 11.9. The van der Waals surface area contributed by atoms with Gasteiger partial charge in [-0.1, -0.05) is 37.6 Å². The Bertz CT molecular complexity index is 461. The summed E-state index contributed by atoms with van der Waals surface area (Å²) in [7, 11) is 0. The van der Waals surface area contributed by atoms with Crippen LogP contribution in [-0.2, 0) is 21.4 Å². The second-order valence-electron chi connectivity index (χ2n) is 5.62. The van der Waals surface area contributed by atoms with Gasteiger partial charge < -0.3 is 0 Å². The fraction of sp³-hybridized carbons (Fsp3) is 0.529. The smallest absolute Gasteiger partial charge is 0.140 e. The van der Waals surface area contributed by atoms with Crippen molar-refractivity contribution in [3.63, 3.8) is 0 Å². The molecule has 0 N–H and O–H groups in total. The molecule has 1 aromatic rings. The summed E-state index contributed by atoms with van der Waals surface area (Å²) in [5, 5.41) is 0. The van der Waals surface area contributed by atoms with Crippen LogP contribution >= 0.6 is 0 Å². The van der Waals surface area contributed by atoms with Gasteiger partial charge in [0.1, 0.15) is 11.6 Å². The molecule has 1 aliphatic rings. The highest BCUT2D eigenvalue weighted by Gasteiger charge is 2.40. The third-order valence-electron chi connectivity index (χ3n) is 4.38. The average Bonchev–Trinajstić information content (AvgIpc) is 2.41. The number of ketones is 2. The van der Waals surface area contributed by atoms with Crippen LogP contribution in [0.1, 0.15) is 57.1 Å². The van der Waals surface area contributed by atoms with Crippen molar-refractivity contribution in [1.29, 1.82) is 0 Å². The lowest BCUT2D eigenvalue weighted by Crippen LogP contribution is -2.38. The zero-order valence-corrected chi connectivity index (χ0v) is 11.9. The van der Waals surface area contributed by atoms with Crippen molar-refractivity contribution in [1.82, 2.24) is 0 Å². The van der Waals surface area contributed by atoms with Gasteiger partial charge in [-0.25, -0.2) is 0 Å². The average molecular weight is 258 g/mol. The van der Waals surface area contributed by atoms with Gasteiger partial charge in [-0.3, -0.25) is 9.59 Å². The fourth-order valence-electron chi connectivity index (χ4n) is 3.08. The zero-order chi connectivity index (χ0) is 13.9. The predicted molar refractivity (Wildman–Crippen MR) is 76.3 cm³/mol. The SMILES string of the molecule is CCCc1ccc(C2(C(C)=O)CCC(=O)CC2)cc1. The van der Waals surface area contributed by atoms with Gasteiger partial charge in [-0.2, -0.15) is 0 Å². The topological polar surface area (TPSA) is 34.1 Å². The summed E-state index contributed by atoms with van der Waals surface area (Å²) in [6.07, 6.45) is 4.63. The molecule has 0 heterocycles. The van der Waals surface area contributed by atoms with Crippen molar-refractivity contribution >= 4 is 11.6 Å². The van der Waals surface area contributed by atoms with Gasteiger partial charge in [0.25, 0.3) is 0 Å². The third kappa shape index (κ3) is 2.78. The molecule has 0 aromatic heterocycles. The minimum absolute atomic E-state index is 0.197. The number of hydrogen-bond donors (Lipinski definition) is 0. The molecule has 1 saturated carbocycles. The Morgan fingerprint density at radius 1 is 1.16 bits per heavy atom. The van der Waals surface area contributed by atoms with Crippen LogP contribution in [0, 0.1) is 0 Å². The van der Waals surface area contributed by atoms with Gasteiger partial charge in [-0.05, 0) is 37.3 Å². The lowest BCUT2D eigenvalue weighted by atomic mass is 9.67. The summed E-state index contributed by atoms with van der Waals surface area (Å²) >= 11 is 0. The van der Waals surface area contributed by atoms with E-state index in [1.165, 1.54) is 5.56 Å². The summed E-state index contributed by atoms with van der Waals surface area (Å²) < 4.78 is 0. The standard InChI is InChI=1S/C17H22O2/c1-3-4-14-5-7-15(8-6-14)17(13(2)18)11-9-16(19)10-12-17/h5-8H,3-4,9-12H2,1-2H3. The maximum atomic E-state index is 12.1. The molecule has 1 aliphatic carbocycles. The van der Waals surface area contributed by atoms with Crippen molar-refractivity contribution in [2.45, 2.75) is 57.8 Å². The fourth-order valence-corrected chi connectivity index (χ4v) is 3.08. The van der Waals surface area contributed by atoms with Crippen LogP contribution < -0.4 is 0 Å². The molecule has 0 bridgehead atoms. The van der Waals surface area contributed by atoms with Gasteiger partial charge in [0.05, 0.1) is 5.41 Å². The highest BCUT2D eigenvalue weighted by molar-refractivity contribution is 5.91. The van der Waals surface area contributed by atoms with Crippen molar-refractivity contribution in [3.8, 4) is 0 Å². The molecule has 102 valence electrons. The van der Waals surface area contributed by atoms with Crippen molar-refractivity contribution in [2.75, 3.05) is 0 Å². The van der Waals surface area contributed by atoms with E-state index in [1.54, 1.807) is 6.92 Å². The van der Waals surface area contributed by atoms with Crippen LogP contribution in [0.3, 0.4) is 0 Å². The Kier molecular flexibility index (Phi) is 4.18. The molecule has 1 fully saturated rings. The molecular formula is C17H22O2. The van der Waals surface area contributed by atoms with Crippen LogP contribution in [0.25, 0.3) is 0 Å². The maximum absolute atomic E-state index is 12.1. The van der Waals surface area contributed by atoms with Crippen molar-refractivity contribution in [3.05, 3.63) is 35.4 Å². The molecule has 2 heteroatoms. The molecule has 2 nitrogen and oxygen atoms in total. The molecule has 2 rings (SSSR count). The van der Waals surface area contributed by atoms with E-state index in [1.807, 2.05) is 0 Å². The number of benzene rings is 1. The van der Waals surface area contributed by atoms with E-state index in [2.05, 4.69) is 31.2 Å². The molecule has 0 atom stereocenters. The molecule has 1 aromatic carbocycles. The minimum Gasteiger partial charge on any atom is -0.300 e. The molecule has 19 heavy (non-hydrogen) atoms. The van der Waals surface area contributed by atoms with Crippen LogP contribution in [0.4, 0.5) is 0 Å². The van der Waals surface area contributed by atoms with Gasteiger partial charge >= 0.3 is 0 Å². The summed E-state index contributed by atoms with van der Waals surface area (Å²) in [5.74, 6) is 0.489. The minimum atomic E-state index is -0.418. The third-order valence-corrected chi connectivity index (χ3v) is 4.38. The molecule has 0 radical (unpaired) electrons. The first-order valence-electron chi connectivity index (χ1n) is 7.20. The van der Waals surface area contributed by atoms with Crippen LogP contribution in [0.2, 0.25) is 0 Å².